The summed E-state index contributed by atoms with van der Waals surface area (Å²) in [4.78, 5) is 24.2. The van der Waals surface area contributed by atoms with Gasteiger partial charge in [0.2, 0.25) is 0 Å². The molecule has 0 spiro atoms. The molecule has 0 saturated carbocycles. The molecular formula is C34H65NO4. The van der Waals surface area contributed by atoms with E-state index in [1.165, 1.54) is 89.9 Å². The Morgan fingerprint density at radius 3 is 1.77 bits per heavy atom. The van der Waals surface area contributed by atoms with Crippen molar-refractivity contribution in [2.45, 2.75) is 175 Å². The fourth-order valence-electron chi connectivity index (χ4n) is 4.73. The lowest BCUT2D eigenvalue weighted by Crippen LogP contribution is -2.21. The van der Waals surface area contributed by atoms with Crippen molar-refractivity contribution in [1.29, 1.82) is 0 Å². The second-order valence-electron chi connectivity index (χ2n) is 11.2. The Hall–Kier alpha value is -1.36. The van der Waals surface area contributed by atoms with E-state index in [-0.39, 0.29) is 18.0 Å². The lowest BCUT2D eigenvalue weighted by molar-refractivity contribution is -0.150. The summed E-state index contributed by atoms with van der Waals surface area (Å²) in [7, 11) is 0. The Bertz CT molecular complexity index is 549. The Balaban J connectivity index is 3.77. The minimum absolute atomic E-state index is 0.0335. The molecule has 0 heterocycles. The monoisotopic (exact) mass is 551 g/mol. The number of carbonyl (C=O) groups excluding carboxylic acids is 2. The number of allylic oxidation sites excluding steroid dienone is 1. The van der Waals surface area contributed by atoms with Crippen molar-refractivity contribution in [3.8, 4) is 0 Å². The first kappa shape index (κ1) is 37.6. The van der Waals surface area contributed by atoms with Crippen molar-refractivity contribution in [3.05, 3.63) is 12.2 Å². The van der Waals surface area contributed by atoms with Gasteiger partial charge in [0, 0.05) is 12.8 Å². The van der Waals surface area contributed by atoms with Crippen LogP contribution in [0, 0.1) is 0 Å². The summed E-state index contributed by atoms with van der Waals surface area (Å²) in [6.07, 6.45) is 29.6. The van der Waals surface area contributed by atoms with Crippen LogP contribution in [0.5, 0.6) is 0 Å². The largest absolute Gasteiger partial charge is 0.462 e. The maximum atomic E-state index is 12.4. The molecule has 0 bridgehead atoms. The molecule has 230 valence electrons. The quantitative estimate of drug-likeness (QED) is 0.0547. The highest BCUT2D eigenvalue weighted by Gasteiger charge is 2.14. The van der Waals surface area contributed by atoms with E-state index in [1.54, 1.807) is 0 Å². The van der Waals surface area contributed by atoms with Gasteiger partial charge in [-0.25, -0.2) is 0 Å². The van der Waals surface area contributed by atoms with Gasteiger partial charge < -0.3 is 14.8 Å². The van der Waals surface area contributed by atoms with E-state index in [0.717, 1.165) is 58.0 Å². The molecule has 0 aliphatic heterocycles. The Labute approximate surface area is 242 Å². The van der Waals surface area contributed by atoms with E-state index in [0.29, 0.717) is 19.4 Å². The number of rotatable bonds is 30. The van der Waals surface area contributed by atoms with Crippen molar-refractivity contribution in [2.75, 3.05) is 19.7 Å². The molecule has 0 aromatic heterocycles. The fraction of sp³-hybridized carbons (Fsp3) is 0.882. The summed E-state index contributed by atoms with van der Waals surface area (Å²) in [5.74, 6) is -0.133. The summed E-state index contributed by atoms with van der Waals surface area (Å²) < 4.78 is 11.2. The van der Waals surface area contributed by atoms with E-state index in [4.69, 9.17) is 9.47 Å². The first-order valence-corrected chi connectivity index (χ1v) is 16.8. The lowest BCUT2D eigenvalue weighted by Gasteiger charge is -2.18. The third kappa shape index (κ3) is 29.4. The first-order valence-electron chi connectivity index (χ1n) is 16.8. The predicted molar refractivity (Wildman–Crippen MR) is 166 cm³/mol. The van der Waals surface area contributed by atoms with Crippen LogP contribution in [0.15, 0.2) is 12.2 Å². The van der Waals surface area contributed by atoms with Crippen LogP contribution in [0.2, 0.25) is 0 Å². The van der Waals surface area contributed by atoms with E-state index < -0.39 is 0 Å². The van der Waals surface area contributed by atoms with Crippen LogP contribution in [-0.4, -0.2) is 37.7 Å². The summed E-state index contributed by atoms with van der Waals surface area (Å²) >= 11 is 0. The van der Waals surface area contributed by atoms with Crippen LogP contribution in [0.3, 0.4) is 0 Å². The molecule has 5 nitrogen and oxygen atoms in total. The fourth-order valence-corrected chi connectivity index (χ4v) is 4.73. The zero-order chi connectivity index (χ0) is 28.7. The van der Waals surface area contributed by atoms with Gasteiger partial charge in [0.1, 0.15) is 12.7 Å². The SMILES string of the molecule is CCCCCC/C=C\COC(=O)CCCCCNCCCC(=O)OC(CCCCCCC)CCCCCCC. The van der Waals surface area contributed by atoms with Crippen molar-refractivity contribution in [3.63, 3.8) is 0 Å². The predicted octanol–water partition coefficient (Wildman–Crippen LogP) is 9.62. The first-order chi connectivity index (χ1) is 19.1. The smallest absolute Gasteiger partial charge is 0.306 e. The van der Waals surface area contributed by atoms with Crippen LogP contribution in [0.4, 0.5) is 0 Å². The van der Waals surface area contributed by atoms with Gasteiger partial charge >= 0.3 is 11.9 Å². The molecule has 0 radical (unpaired) electrons. The van der Waals surface area contributed by atoms with Gasteiger partial charge in [-0.15, -0.1) is 0 Å². The topological polar surface area (TPSA) is 64.6 Å². The minimum Gasteiger partial charge on any atom is -0.462 e. The second-order valence-corrected chi connectivity index (χ2v) is 11.2. The third-order valence-electron chi connectivity index (χ3n) is 7.26. The van der Waals surface area contributed by atoms with Crippen LogP contribution < -0.4 is 5.32 Å². The molecule has 39 heavy (non-hydrogen) atoms. The average molecular weight is 552 g/mol. The molecule has 0 amide bonds. The molecule has 0 atom stereocenters. The maximum Gasteiger partial charge on any atom is 0.306 e. The van der Waals surface area contributed by atoms with Gasteiger partial charge in [-0.1, -0.05) is 110 Å². The Kier molecular flexibility index (Phi) is 30.1. The highest BCUT2D eigenvalue weighted by Crippen LogP contribution is 2.17. The summed E-state index contributed by atoms with van der Waals surface area (Å²) in [5.41, 5.74) is 0. The zero-order valence-corrected chi connectivity index (χ0v) is 26.2. The van der Waals surface area contributed by atoms with Crippen molar-refractivity contribution in [2.24, 2.45) is 0 Å². The van der Waals surface area contributed by atoms with E-state index in [9.17, 15) is 9.59 Å². The van der Waals surface area contributed by atoms with Gasteiger partial charge in [0.05, 0.1) is 0 Å². The minimum atomic E-state index is -0.0997. The van der Waals surface area contributed by atoms with Crippen molar-refractivity contribution >= 4 is 11.9 Å². The number of unbranched alkanes of at least 4 members (excludes halogenated alkanes) is 14. The molecule has 0 unspecified atom stereocenters. The number of hydrogen-bond donors (Lipinski definition) is 1. The van der Waals surface area contributed by atoms with Crippen LogP contribution >= 0.6 is 0 Å². The number of ether oxygens (including phenoxy) is 2. The Morgan fingerprint density at radius 1 is 0.590 bits per heavy atom. The molecule has 0 fully saturated rings. The zero-order valence-electron chi connectivity index (χ0n) is 26.2. The van der Waals surface area contributed by atoms with Gasteiger partial charge in [-0.05, 0) is 70.9 Å². The van der Waals surface area contributed by atoms with Crippen LogP contribution in [0.25, 0.3) is 0 Å². The molecule has 1 N–H and O–H groups in total. The van der Waals surface area contributed by atoms with Gasteiger partial charge in [-0.2, -0.15) is 0 Å². The molecule has 0 saturated heterocycles. The maximum absolute atomic E-state index is 12.4. The number of esters is 2. The van der Waals surface area contributed by atoms with E-state index >= 15 is 0 Å². The van der Waals surface area contributed by atoms with E-state index in [2.05, 4.69) is 32.2 Å². The number of carbonyl (C=O) groups is 2. The summed E-state index contributed by atoms with van der Waals surface area (Å²) in [6.45, 7) is 8.85. The van der Waals surface area contributed by atoms with Crippen molar-refractivity contribution in [1.82, 2.24) is 5.32 Å². The summed E-state index contributed by atoms with van der Waals surface area (Å²) in [5, 5.41) is 3.42. The van der Waals surface area contributed by atoms with Crippen molar-refractivity contribution < 1.29 is 19.1 Å². The molecular weight excluding hydrogens is 486 g/mol. The van der Waals surface area contributed by atoms with Crippen LogP contribution in [-0.2, 0) is 19.1 Å². The number of nitrogens with one attached hydrogen (secondary N) is 1. The second kappa shape index (κ2) is 31.2. The standard InChI is InChI=1S/C34H65NO4/c1-4-7-10-13-14-17-23-31-38-33(36)27-21-18-22-29-35-30-24-28-34(37)39-32(25-19-15-11-8-5-2)26-20-16-12-9-6-3/h17,23,32,35H,4-16,18-22,24-31H2,1-3H3/b23-17-. The highest BCUT2D eigenvalue weighted by molar-refractivity contribution is 5.69. The van der Waals surface area contributed by atoms with Crippen LogP contribution in [0.1, 0.15) is 168 Å². The summed E-state index contributed by atoms with van der Waals surface area (Å²) in [6, 6.07) is 0. The molecule has 0 aliphatic rings. The molecule has 0 aromatic rings. The lowest BCUT2D eigenvalue weighted by atomic mass is 10.0. The number of hydrogen-bond acceptors (Lipinski definition) is 5. The normalized spacial score (nSPS) is 11.5. The van der Waals surface area contributed by atoms with Gasteiger partial charge in [0.25, 0.3) is 0 Å². The average Bonchev–Trinajstić information content (AvgIpc) is 2.93. The van der Waals surface area contributed by atoms with Gasteiger partial charge in [-0.3, -0.25) is 9.59 Å². The molecule has 0 aliphatic carbocycles. The molecule has 5 heteroatoms. The van der Waals surface area contributed by atoms with E-state index in [1.807, 2.05) is 6.08 Å². The molecule has 0 aromatic carbocycles. The Morgan fingerprint density at radius 2 is 1.13 bits per heavy atom. The molecule has 0 rings (SSSR count). The van der Waals surface area contributed by atoms with Gasteiger partial charge in [0.15, 0.2) is 0 Å². The highest BCUT2D eigenvalue weighted by atomic mass is 16.5. The third-order valence-corrected chi connectivity index (χ3v) is 7.26.